The third kappa shape index (κ3) is 7.82. The molecule has 0 fully saturated rings. The molecule has 8 nitrogen and oxygen atoms in total. The van der Waals surface area contributed by atoms with Crippen molar-refractivity contribution in [2.24, 2.45) is 0 Å². The van der Waals surface area contributed by atoms with E-state index in [1.165, 1.54) is 19.2 Å². The summed E-state index contributed by atoms with van der Waals surface area (Å²) in [5.41, 5.74) is 1.73. The van der Waals surface area contributed by atoms with E-state index in [-0.39, 0.29) is 29.7 Å². The van der Waals surface area contributed by atoms with Gasteiger partial charge in [0, 0.05) is 18.2 Å². The number of hydrogen-bond donors (Lipinski definition) is 2. The van der Waals surface area contributed by atoms with Gasteiger partial charge in [0.1, 0.15) is 17.3 Å². The number of aryl methyl sites for hydroxylation is 1. The Hall–Kier alpha value is -3.07. The number of amides is 1. The monoisotopic (exact) mass is 420 g/mol. The highest BCUT2D eigenvalue weighted by Gasteiger charge is 2.11. The van der Waals surface area contributed by atoms with Gasteiger partial charge in [-0.15, -0.1) is 0 Å². The molecular weight excluding hydrogens is 396 g/mol. The number of ether oxygens (including phenoxy) is 2. The van der Waals surface area contributed by atoms with Crippen molar-refractivity contribution in [1.29, 1.82) is 0 Å². The topological polar surface area (TPSA) is 111 Å². The number of sulfonamides is 1. The Morgan fingerprint density at radius 1 is 1.07 bits per heavy atom. The van der Waals surface area contributed by atoms with E-state index < -0.39 is 10.0 Å². The zero-order valence-electron chi connectivity index (χ0n) is 16.5. The molecule has 2 aromatic rings. The van der Waals surface area contributed by atoms with Crippen LogP contribution in [-0.4, -0.2) is 40.1 Å². The van der Waals surface area contributed by atoms with Crippen LogP contribution in [0.1, 0.15) is 18.9 Å². The summed E-state index contributed by atoms with van der Waals surface area (Å²) in [6.45, 7) is 1.36. The fourth-order valence-corrected chi connectivity index (χ4v) is 3.04. The quantitative estimate of drug-likeness (QED) is 0.611. The van der Waals surface area contributed by atoms with E-state index in [1.54, 1.807) is 25.1 Å². The normalized spacial score (nSPS) is 10.9. The summed E-state index contributed by atoms with van der Waals surface area (Å²) in [4.78, 5) is 23.1. The zero-order chi connectivity index (χ0) is 21.4. The van der Waals surface area contributed by atoms with Gasteiger partial charge in [0.2, 0.25) is 10.0 Å². The predicted octanol–water partition coefficient (Wildman–Crippen LogP) is 2.61. The predicted molar refractivity (Wildman–Crippen MR) is 111 cm³/mol. The van der Waals surface area contributed by atoms with Crippen LogP contribution in [0.3, 0.4) is 0 Å². The Morgan fingerprint density at radius 2 is 1.76 bits per heavy atom. The standard InChI is InChI=1S/C20H24N2O6S/c1-14(23)4-5-15-6-9-17(10-7-15)28-13-20(24)21-16-8-11-18(19(12-16)27-2)22-29(3,25)26/h6-12,22H,4-5,13H2,1-3H3,(H,21,24). The van der Waals surface area contributed by atoms with Crippen molar-refractivity contribution >= 4 is 33.1 Å². The van der Waals surface area contributed by atoms with Crippen LogP contribution in [0.15, 0.2) is 42.5 Å². The molecule has 0 saturated heterocycles. The SMILES string of the molecule is COc1cc(NC(=O)COc2ccc(CCC(C)=O)cc2)ccc1NS(C)(=O)=O. The molecule has 0 aliphatic heterocycles. The molecule has 2 aromatic carbocycles. The van der Waals surface area contributed by atoms with Crippen LogP contribution in [0.2, 0.25) is 0 Å². The van der Waals surface area contributed by atoms with E-state index in [9.17, 15) is 18.0 Å². The van der Waals surface area contributed by atoms with Crippen LogP contribution in [-0.2, 0) is 26.0 Å². The molecule has 2 N–H and O–H groups in total. The maximum absolute atomic E-state index is 12.1. The van der Waals surface area contributed by atoms with Crippen LogP contribution in [0.25, 0.3) is 0 Å². The molecule has 0 aromatic heterocycles. The third-order valence-electron chi connectivity index (χ3n) is 3.84. The second-order valence-corrected chi connectivity index (χ2v) is 8.22. The largest absolute Gasteiger partial charge is 0.494 e. The van der Waals surface area contributed by atoms with Crippen LogP contribution >= 0.6 is 0 Å². The number of ketones is 1. The lowest BCUT2D eigenvalue weighted by atomic mass is 10.1. The molecule has 2 rings (SSSR count). The van der Waals surface area contributed by atoms with Crippen molar-refractivity contribution in [2.45, 2.75) is 19.8 Å². The summed E-state index contributed by atoms with van der Waals surface area (Å²) in [5.74, 6) is 0.572. The summed E-state index contributed by atoms with van der Waals surface area (Å²) in [6.07, 6.45) is 2.20. The van der Waals surface area contributed by atoms with Gasteiger partial charge < -0.3 is 19.6 Å². The van der Waals surface area contributed by atoms with Crippen molar-refractivity contribution in [3.8, 4) is 11.5 Å². The van der Waals surface area contributed by atoms with Gasteiger partial charge in [-0.25, -0.2) is 8.42 Å². The highest BCUT2D eigenvalue weighted by Crippen LogP contribution is 2.28. The number of nitrogens with one attached hydrogen (secondary N) is 2. The highest BCUT2D eigenvalue weighted by atomic mass is 32.2. The molecule has 9 heteroatoms. The van der Waals surface area contributed by atoms with E-state index in [0.29, 0.717) is 24.3 Å². The Labute approximate surface area is 170 Å². The lowest BCUT2D eigenvalue weighted by Crippen LogP contribution is -2.20. The first-order valence-corrected chi connectivity index (χ1v) is 10.7. The Kier molecular flexibility index (Phi) is 7.60. The fraction of sp³-hybridized carbons (Fsp3) is 0.300. The molecule has 0 aliphatic carbocycles. The number of rotatable bonds is 10. The number of carbonyl (C=O) groups excluding carboxylic acids is 2. The molecular formula is C20H24N2O6S. The van der Waals surface area contributed by atoms with Gasteiger partial charge in [0.25, 0.3) is 5.91 Å². The average molecular weight is 420 g/mol. The average Bonchev–Trinajstić information content (AvgIpc) is 2.65. The summed E-state index contributed by atoms with van der Waals surface area (Å²) in [6, 6.07) is 11.8. The number of Topliss-reactive ketones (excluding diaryl/α,β-unsaturated/α-hetero) is 1. The second kappa shape index (κ2) is 9.92. The molecule has 0 aliphatic rings. The number of benzene rings is 2. The molecule has 0 unspecified atom stereocenters. The Balaban J connectivity index is 1.91. The Morgan fingerprint density at radius 3 is 2.34 bits per heavy atom. The number of carbonyl (C=O) groups is 2. The van der Waals surface area contributed by atoms with Gasteiger partial charge in [-0.3, -0.25) is 9.52 Å². The van der Waals surface area contributed by atoms with E-state index >= 15 is 0 Å². The molecule has 29 heavy (non-hydrogen) atoms. The summed E-state index contributed by atoms with van der Waals surface area (Å²) < 4.78 is 35.7. The van der Waals surface area contributed by atoms with Crippen LogP contribution < -0.4 is 19.5 Å². The lowest BCUT2D eigenvalue weighted by molar-refractivity contribution is -0.118. The van der Waals surface area contributed by atoms with E-state index in [1.807, 2.05) is 12.1 Å². The molecule has 1 amide bonds. The van der Waals surface area contributed by atoms with Crippen molar-refractivity contribution in [2.75, 3.05) is 30.0 Å². The number of methoxy groups -OCH3 is 1. The smallest absolute Gasteiger partial charge is 0.262 e. The van der Waals surface area contributed by atoms with Crippen molar-refractivity contribution in [1.82, 2.24) is 0 Å². The minimum atomic E-state index is -3.45. The molecule has 0 spiro atoms. The van der Waals surface area contributed by atoms with Gasteiger partial charge >= 0.3 is 0 Å². The van der Waals surface area contributed by atoms with Crippen molar-refractivity contribution in [3.63, 3.8) is 0 Å². The molecule has 0 radical (unpaired) electrons. The minimum Gasteiger partial charge on any atom is -0.494 e. The van der Waals surface area contributed by atoms with Crippen LogP contribution in [0.4, 0.5) is 11.4 Å². The van der Waals surface area contributed by atoms with Crippen LogP contribution in [0, 0.1) is 0 Å². The van der Waals surface area contributed by atoms with Gasteiger partial charge in [-0.1, -0.05) is 12.1 Å². The van der Waals surface area contributed by atoms with Crippen molar-refractivity contribution in [3.05, 3.63) is 48.0 Å². The molecule has 0 bridgehead atoms. The van der Waals surface area contributed by atoms with Gasteiger partial charge in [-0.05, 0) is 43.2 Å². The molecule has 0 atom stereocenters. The molecule has 156 valence electrons. The maximum Gasteiger partial charge on any atom is 0.262 e. The second-order valence-electron chi connectivity index (χ2n) is 6.47. The summed E-state index contributed by atoms with van der Waals surface area (Å²) in [5, 5.41) is 2.66. The van der Waals surface area contributed by atoms with E-state index in [2.05, 4.69) is 10.0 Å². The first-order chi connectivity index (χ1) is 13.7. The van der Waals surface area contributed by atoms with E-state index in [0.717, 1.165) is 11.8 Å². The fourth-order valence-electron chi connectivity index (χ4n) is 2.47. The zero-order valence-corrected chi connectivity index (χ0v) is 17.3. The summed E-state index contributed by atoms with van der Waals surface area (Å²) >= 11 is 0. The van der Waals surface area contributed by atoms with E-state index in [4.69, 9.17) is 9.47 Å². The maximum atomic E-state index is 12.1. The number of anilines is 2. The van der Waals surface area contributed by atoms with Crippen molar-refractivity contribution < 1.29 is 27.5 Å². The van der Waals surface area contributed by atoms with Gasteiger partial charge in [-0.2, -0.15) is 0 Å². The van der Waals surface area contributed by atoms with Crippen LogP contribution in [0.5, 0.6) is 11.5 Å². The lowest BCUT2D eigenvalue weighted by Gasteiger charge is -2.12. The van der Waals surface area contributed by atoms with Gasteiger partial charge in [0.15, 0.2) is 6.61 Å². The summed E-state index contributed by atoms with van der Waals surface area (Å²) in [7, 11) is -2.05. The number of hydrogen-bond acceptors (Lipinski definition) is 6. The minimum absolute atomic E-state index is 0.138. The highest BCUT2D eigenvalue weighted by molar-refractivity contribution is 7.92. The first kappa shape index (κ1) is 22.2. The molecule has 0 saturated carbocycles. The third-order valence-corrected chi connectivity index (χ3v) is 4.43. The Bertz CT molecular complexity index is 971. The molecule has 0 heterocycles. The van der Waals surface area contributed by atoms with Gasteiger partial charge in [0.05, 0.1) is 19.1 Å². The first-order valence-electron chi connectivity index (χ1n) is 8.83.